The van der Waals surface area contributed by atoms with E-state index in [0.29, 0.717) is 34.0 Å². The normalized spacial score (nSPS) is 25.3. The maximum atomic E-state index is 13.0. The van der Waals surface area contributed by atoms with Crippen LogP contribution in [0.2, 0.25) is 0 Å². The zero-order chi connectivity index (χ0) is 19.8. The molecular formula is C19H19FN2O5S. The molecular weight excluding hydrogens is 387 g/mol. The van der Waals surface area contributed by atoms with Crippen molar-refractivity contribution >= 4 is 35.8 Å². The van der Waals surface area contributed by atoms with Crippen LogP contribution in [0.5, 0.6) is 5.75 Å². The van der Waals surface area contributed by atoms with E-state index in [9.17, 15) is 23.1 Å². The molecule has 1 aliphatic carbocycles. The quantitative estimate of drug-likeness (QED) is 0.565. The molecule has 1 aromatic rings. The molecule has 0 spiro atoms. The van der Waals surface area contributed by atoms with E-state index in [1.807, 2.05) is 0 Å². The van der Waals surface area contributed by atoms with Gasteiger partial charge in [-0.3, -0.25) is 19.2 Å². The lowest BCUT2D eigenvalue weighted by atomic mass is 9.96. The molecule has 3 amide bonds. The Morgan fingerprint density at radius 2 is 1.89 bits per heavy atom. The van der Waals surface area contributed by atoms with Gasteiger partial charge in [0.25, 0.3) is 11.8 Å². The van der Waals surface area contributed by atoms with E-state index in [4.69, 9.17) is 4.74 Å². The molecule has 2 fully saturated rings. The minimum absolute atomic E-state index is 0.00556. The van der Waals surface area contributed by atoms with E-state index in [1.54, 1.807) is 18.2 Å². The Hall–Kier alpha value is -2.42. The summed E-state index contributed by atoms with van der Waals surface area (Å²) in [7, 11) is 0. The number of rotatable bonds is 4. The molecule has 2 atom stereocenters. The molecule has 3 aliphatic rings. The second-order valence-electron chi connectivity index (χ2n) is 7.22. The molecule has 0 aromatic heterocycles. The molecule has 9 heteroatoms. The van der Waals surface area contributed by atoms with Gasteiger partial charge in [0, 0.05) is 24.9 Å². The molecule has 0 N–H and O–H groups in total. The fraction of sp³-hybridized carbons (Fsp3) is 0.474. The number of hydrogen-bond acceptors (Lipinski definition) is 6. The SMILES string of the molecule is O=C1CCCCC1Oc1ccc2c(c1)CN(C1CCC(=O)N(SF)C1=O)C2=O. The standard InChI is InChI=1S/C19H19FN2O5S/c20-28-22-17(24)8-7-14(19(22)26)21-10-11-9-12(5-6-13(11)18(21)25)27-16-4-2-1-3-15(16)23/h5-6,9,14,16H,1-4,7-8,10H2. The van der Waals surface area contributed by atoms with Gasteiger partial charge >= 0.3 is 0 Å². The number of amides is 3. The topological polar surface area (TPSA) is 84.0 Å². The smallest absolute Gasteiger partial charge is 0.264 e. The predicted octanol–water partition coefficient (Wildman–Crippen LogP) is 2.58. The van der Waals surface area contributed by atoms with Crippen molar-refractivity contribution in [2.45, 2.75) is 57.2 Å². The highest BCUT2D eigenvalue weighted by atomic mass is 32.2. The first-order valence-electron chi connectivity index (χ1n) is 9.28. The Morgan fingerprint density at radius 3 is 2.64 bits per heavy atom. The first kappa shape index (κ1) is 18.9. The van der Waals surface area contributed by atoms with Crippen molar-refractivity contribution in [3.05, 3.63) is 29.3 Å². The lowest BCUT2D eigenvalue weighted by molar-refractivity contribution is -0.145. The van der Waals surface area contributed by atoms with Crippen molar-refractivity contribution in [2.24, 2.45) is 0 Å². The third-order valence-corrected chi connectivity index (χ3v) is 6.00. The summed E-state index contributed by atoms with van der Waals surface area (Å²) in [5.41, 5.74) is 1.14. The minimum atomic E-state index is -0.870. The van der Waals surface area contributed by atoms with Crippen molar-refractivity contribution < 1.29 is 27.8 Å². The van der Waals surface area contributed by atoms with Gasteiger partial charge < -0.3 is 9.64 Å². The highest BCUT2D eigenvalue weighted by molar-refractivity contribution is 7.93. The van der Waals surface area contributed by atoms with Crippen LogP contribution in [0.3, 0.4) is 0 Å². The second kappa shape index (κ2) is 7.54. The van der Waals surface area contributed by atoms with Crippen molar-refractivity contribution in [1.29, 1.82) is 0 Å². The Labute approximate surface area is 165 Å². The zero-order valence-electron chi connectivity index (χ0n) is 15.1. The van der Waals surface area contributed by atoms with Crippen LogP contribution in [0.4, 0.5) is 3.89 Å². The summed E-state index contributed by atoms with van der Waals surface area (Å²) < 4.78 is 19.3. The molecule has 4 rings (SSSR count). The summed E-state index contributed by atoms with van der Waals surface area (Å²) >= 11 is -0.424. The van der Waals surface area contributed by atoms with E-state index < -0.39 is 36.3 Å². The van der Waals surface area contributed by atoms with Gasteiger partial charge in [0.15, 0.2) is 24.2 Å². The number of ketones is 1. The zero-order valence-corrected chi connectivity index (χ0v) is 15.9. The highest BCUT2D eigenvalue weighted by Gasteiger charge is 2.43. The van der Waals surface area contributed by atoms with Crippen LogP contribution < -0.4 is 4.74 Å². The minimum Gasteiger partial charge on any atom is -0.483 e. The van der Waals surface area contributed by atoms with Crippen LogP contribution in [-0.4, -0.2) is 44.9 Å². The molecule has 1 aromatic carbocycles. The number of halogens is 1. The molecule has 7 nitrogen and oxygen atoms in total. The Kier molecular flexibility index (Phi) is 5.09. The second-order valence-corrected chi connectivity index (χ2v) is 7.72. The van der Waals surface area contributed by atoms with Gasteiger partial charge in [-0.15, -0.1) is 3.89 Å². The van der Waals surface area contributed by atoms with Crippen LogP contribution in [0.15, 0.2) is 18.2 Å². The van der Waals surface area contributed by atoms with Crippen molar-refractivity contribution in [1.82, 2.24) is 9.21 Å². The molecule has 0 radical (unpaired) electrons. The molecule has 1 saturated heterocycles. The van der Waals surface area contributed by atoms with Crippen molar-refractivity contribution in [3.63, 3.8) is 0 Å². The number of benzene rings is 1. The average molecular weight is 406 g/mol. The van der Waals surface area contributed by atoms with E-state index >= 15 is 0 Å². The number of carbonyl (C=O) groups is 4. The van der Waals surface area contributed by atoms with Gasteiger partial charge in [0.2, 0.25) is 5.91 Å². The summed E-state index contributed by atoms with van der Waals surface area (Å²) in [6.07, 6.45) is 2.76. The summed E-state index contributed by atoms with van der Waals surface area (Å²) in [5.74, 6) is -1.03. The maximum Gasteiger partial charge on any atom is 0.264 e. The highest BCUT2D eigenvalue weighted by Crippen LogP contribution is 2.33. The fourth-order valence-corrected chi connectivity index (χ4v) is 4.35. The van der Waals surface area contributed by atoms with E-state index in [-0.39, 0.29) is 31.1 Å². The average Bonchev–Trinajstić information content (AvgIpc) is 3.00. The van der Waals surface area contributed by atoms with Gasteiger partial charge in [-0.2, -0.15) is 4.31 Å². The van der Waals surface area contributed by atoms with Gasteiger partial charge in [-0.1, -0.05) is 0 Å². The van der Waals surface area contributed by atoms with Gasteiger partial charge in [0.05, 0.1) is 0 Å². The first-order chi connectivity index (χ1) is 13.5. The summed E-state index contributed by atoms with van der Waals surface area (Å²) in [6.45, 7) is 0.180. The Morgan fingerprint density at radius 1 is 1.07 bits per heavy atom. The maximum absolute atomic E-state index is 13.0. The predicted molar refractivity (Wildman–Crippen MR) is 97.8 cm³/mol. The molecule has 148 valence electrons. The largest absolute Gasteiger partial charge is 0.483 e. The molecule has 2 heterocycles. The summed E-state index contributed by atoms with van der Waals surface area (Å²) in [4.78, 5) is 50.2. The lowest BCUT2D eigenvalue weighted by Gasteiger charge is -2.32. The summed E-state index contributed by atoms with van der Waals surface area (Å²) in [5, 5.41) is 0. The first-order valence-corrected chi connectivity index (χ1v) is 9.95. The van der Waals surface area contributed by atoms with Crippen molar-refractivity contribution in [2.75, 3.05) is 0 Å². The van der Waals surface area contributed by atoms with Crippen LogP contribution in [-0.2, 0) is 20.9 Å². The van der Waals surface area contributed by atoms with Gasteiger partial charge in [-0.25, -0.2) is 0 Å². The van der Waals surface area contributed by atoms with E-state index in [1.165, 1.54) is 4.90 Å². The Bertz CT molecular complexity index is 861. The molecule has 2 unspecified atom stereocenters. The molecule has 1 saturated carbocycles. The summed E-state index contributed by atoms with van der Waals surface area (Å²) in [6, 6.07) is 4.12. The lowest BCUT2D eigenvalue weighted by Crippen LogP contribution is -2.51. The number of Topliss-reactive ketones (excluding diaryl/α,β-unsaturated/α-hetero) is 1. The number of fused-ring (bicyclic) bond motifs is 1. The number of carbonyl (C=O) groups excluding carboxylic acids is 4. The van der Waals surface area contributed by atoms with Gasteiger partial charge in [0.1, 0.15) is 11.8 Å². The number of piperidine rings is 1. The monoisotopic (exact) mass is 406 g/mol. The van der Waals surface area contributed by atoms with E-state index in [0.717, 1.165) is 12.8 Å². The number of nitrogens with zero attached hydrogens (tertiary/aromatic N) is 2. The third-order valence-electron chi connectivity index (χ3n) is 5.47. The third kappa shape index (κ3) is 3.28. The molecule has 28 heavy (non-hydrogen) atoms. The molecule has 0 bridgehead atoms. The van der Waals surface area contributed by atoms with Crippen LogP contribution in [0.1, 0.15) is 54.4 Å². The Balaban J connectivity index is 1.51. The van der Waals surface area contributed by atoms with Gasteiger partial charge in [-0.05, 0) is 49.4 Å². The van der Waals surface area contributed by atoms with E-state index in [2.05, 4.69) is 0 Å². The van der Waals surface area contributed by atoms with Crippen LogP contribution in [0, 0.1) is 0 Å². The van der Waals surface area contributed by atoms with Crippen LogP contribution >= 0.6 is 12.3 Å². The number of ether oxygens (including phenoxy) is 1. The van der Waals surface area contributed by atoms with Crippen LogP contribution in [0.25, 0.3) is 0 Å². The number of imide groups is 1. The fourth-order valence-electron chi connectivity index (χ4n) is 3.99. The number of hydrogen-bond donors (Lipinski definition) is 0. The molecule has 2 aliphatic heterocycles. The van der Waals surface area contributed by atoms with Crippen molar-refractivity contribution in [3.8, 4) is 5.75 Å².